The monoisotopic (exact) mass is 460 g/mol. The third kappa shape index (κ3) is 5.92. The Bertz CT molecular complexity index is 1050. The maximum Gasteiger partial charge on any atom is 0.416 e. The molecule has 2 aromatic heterocycles. The van der Waals surface area contributed by atoms with Crippen LogP contribution in [0.25, 0.3) is 10.7 Å². The van der Waals surface area contributed by atoms with Gasteiger partial charge in [0.25, 0.3) is 0 Å². The van der Waals surface area contributed by atoms with Crippen LogP contribution >= 0.6 is 11.3 Å². The van der Waals surface area contributed by atoms with E-state index in [1.54, 1.807) is 12.3 Å². The number of piperidine rings is 1. The van der Waals surface area contributed by atoms with E-state index in [4.69, 9.17) is 0 Å². The molecule has 168 valence electrons. The molecule has 0 bridgehead atoms. The molecule has 1 fully saturated rings. The summed E-state index contributed by atoms with van der Waals surface area (Å²) in [5.74, 6) is -0.0702. The average Bonchev–Trinajstić information content (AvgIpc) is 3.24. The van der Waals surface area contributed by atoms with Gasteiger partial charge in [0.1, 0.15) is 5.01 Å². The number of aromatic nitrogens is 2. The highest BCUT2D eigenvalue weighted by Crippen LogP contribution is 2.30. The zero-order valence-electron chi connectivity index (χ0n) is 17.3. The van der Waals surface area contributed by atoms with Crippen LogP contribution in [0.5, 0.6) is 0 Å². The Balaban J connectivity index is 1.24. The van der Waals surface area contributed by atoms with E-state index in [2.05, 4.69) is 20.2 Å². The molecule has 1 amide bonds. The first-order valence-corrected chi connectivity index (χ1v) is 11.3. The maximum atomic E-state index is 12.9. The lowest BCUT2D eigenvalue weighted by molar-refractivity contribution is -0.137. The summed E-state index contributed by atoms with van der Waals surface area (Å²) in [4.78, 5) is 23.4. The van der Waals surface area contributed by atoms with Gasteiger partial charge >= 0.3 is 6.18 Å². The third-order valence-corrected chi connectivity index (χ3v) is 6.30. The van der Waals surface area contributed by atoms with E-state index in [1.165, 1.54) is 23.5 Å². The molecule has 0 unspecified atom stereocenters. The normalized spacial score (nSPS) is 15.6. The van der Waals surface area contributed by atoms with Crippen LogP contribution in [0.15, 0.2) is 54.0 Å². The van der Waals surface area contributed by atoms with Crippen molar-refractivity contribution in [2.75, 3.05) is 13.1 Å². The van der Waals surface area contributed by atoms with Crippen LogP contribution in [0.1, 0.15) is 29.7 Å². The van der Waals surface area contributed by atoms with E-state index in [-0.39, 0.29) is 18.4 Å². The maximum absolute atomic E-state index is 12.9. The average molecular weight is 461 g/mol. The summed E-state index contributed by atoms with van der Waals surface area (Å²) >= 11 is 1.46. The van der Waals surface area contributed by atoms with E-state index < -0.39 is 11.7 Å². The quantitative estimate of drug-likeness (QED) is 0.587. The molecule has 1 N–H and O–H groups in total. The van der Waals surface area contributed by atoms with E-state index in [0.717, 1.165) is 48.4 Å². The minimum absolute atomic E-state index is 0.0640. The van der Waals surface area contributed by atoms with E-state index >= 15 is 0 Å². The van der Waals surface area contributed by atoms with Gasteiger partial charge in [0.05, 0.1) is 23.4 Å². The number of pyridine rings is 1. The Morgan fingerprint density at radius 1 is 1.16 bits per heavy atom. The topological polar surface area (TPSA) is 58.1 Å². The van der Waals surface area contributed by atoms with Gasteiger partial charge in [-0.3, -0.25) is 14.7 Å². The zero-order chi connectivity index (χ0) is 22.6. The van der Waals surface area contributed by atoms with Crippen molar-refractivity contribution < 1.29 is 18.0 Å². The Kier molecular flexibility index (Phi) is 6.86. The molecule has 0 saturated carbocycles. The number of nitrogens with zero attached hydrogens (tertiary/aromatic N) is 3. The van der Waals surface area contributed by atoms with Gasteiger partial charge in [0, 0.05) is 37.3 Å². The molecule has 1 aromatic carbocycles. The fraction of sp³-hybridized carbons (Fsp3) is 0.348. The second-order valence-corrected chi connectivity index (χ2v) is 8.71. The van der Waals surface area contributed by atoms with Crippen LogP contribution < -0.4 is 5.32 Å². The number of thiazole rings is 1. The van der Waals surface area contributed by atoms with Gasteiger partial charge < -0.3 is 5.32 Å². The number of nitrogens with one attached hydrogen (secondary N) is 1. The highest BCUT2D eigenvalue weighted by Gasteiger charge is 2.30. The Labute approximate surface area is 188 Å². The minimum atomic E-state index is -4.33. The second kappa shape index (κ2) is 9.79. The number of halogens is 3. The summed E-state index contributed by atoms with van der Waals surface area (Å²) in [5, 5.41) is 5.73. The number of hydrogen-bond donors (Lipinski definition) is 1. The molecule has 0 atom stereocenters. The Morgan fingerprint density at radius 2 is 1.97 bits per heavy atom. The first-order valence-electron chi connectivity index (χ1n) is 10.4. The minimum Gasteiger partial charge on any atom is -0.353 e. The van der Waals surface area contributed by atoms with Crippen LogP contribution in [0.2, 0.25) is 0 Å². The first-order chi connectivity index (χ1) is 15.4. The molecule has 3 aromatic rings. The van der Waals surface area contributed by atoms with Crippen LogP contribution in [-0.2, 0) is 23.9 Å². The number of benzene rings is 1. The van der Waals surface area contributed by atoms with Gasteiger partial charge in [-0.25, -0.2) is 4.98 Å². The van der Waals surface area contributed by atoms with Crippen LogP contribution in [0, 0.1) is 0 Å². The molecule has 1 aliphatic heterocycles. The number of likely N-dealkylation sites (tertiary alicyclic amines) is 1. The highest BCUT2D eigenvalue weighted by atomic mass is 32.1. The summed E-state index contributed by atoms with van der Waals surface area (Å²) < 4.78 is 38.7. The predicted molar refractivity (Wildman–Crippen MR) is 117 cm³/mol. The molecule has 0 spiro atoms. The molecule has 1 saturated heterocycles. The number of carbonyl (C=O) groups is 1. The molecule has 9 heteroatoms. The fourth-order valence-corrected chi connectivity index (χ4v) is 4.57. The van der Waals surface area contributed by atoms with Crippen LogP contribution in [0.4, 0.5) is 13.2 Å². The van der Waals surface area contributed by atoms with Gasteiger partial charge in [0.15, 0.2) is 0 Å². The molecular weight excluding hydrogens is 437 g/mol. The molecule has 32 heavy (non-hydrogen) atoms. The summed E-state index contributed by atoms with van der Waals surface area (Å²) in [5.41, 5.74) is 1.53. The number of rotatable bonds is 6. The predicted octanol–water partition coefficient (Wildman–Crippen LogP) is 4.55. The number of alkyl halides is 3. The lowest BCUT2D eigenvalue weighted by Gasteiger charge is -2.32. The molecule has 5 nitrogen and oxygen atoms in total. The molecule has 0 aliphatic carbocycles. The van der Waals surface area contributed by atoms with Crippen molar-refractivity contribution in [3.8, 4) is 10.7 Å². The largest absolute Gasteiger partial charge is 0.416 e. The Hall–Kier alpha value is -2.78. The fourth-order valence-electron chi connectivity index (χ4n) is 3.78. The zero-order valence-corrected chi connectivity index (χ0v) is 18.1. The third-order valence-electron chi connectivity index (χ3n) is 5.39. The van der Waals surface area contributed by atoms with Crippen LogP contribution in [-0.4, -0.2) is 39.9 Å². The van der Waals surface area contributed by atoms with Crippen molar-refractivity contribution >= 4 is 17.2 Å². The highest BCUT2D eigenvalue weighted by molar-refractivity contribution is 7.13. The van der Waals surface area contributed by atoms with Crippen molar-refractivity contribution in [1.82, 2.24) is 20.2 Å². The molecule has 3 heterocycles. The van der Waals surface area contributed by atoms with Crippen LogP contribution in [0.3, 0.4) is 0 Å². The van der Waals surface area contributed by atoms with Gasteiger partial charge in [-0.05, 0) is 36.6 Å². The second-order valence-electron chi connectivity index (χ2n) is 7.85. The first kappa shape index (κ1) is 22.4. The van der Waals surface area contributed by atoms with Crippen molar-refractivity contribution in [3.05, 3.63) is 70.9 Å². The van der Waals surface area contributed by atoms with E-state index in [0.29, 0.717) is 12.1 Å². The van der Waals surface area contributed by atoms with Gasteiger partial charge in [-0.15, -0.1) is 11.3 Å². The van der Waals surface area contributed by atoms with Crippen molar-refractivity contribution in [2.24, 2.45) is 0 Å². The van der Waals surface area contributed by atoms with Crippen molar-refractivity contribution in [3.63, 3.8) is 0 Å². The van der Waals surface area contributed by atoms with Gasteiger partial charge in [-0.2, -0.15) is 13.2 Å². The van der Waals surface area contributed by atoms with Gasteiger partial charge in [-0.1, -0.05) is 24.3 Å². The van der Waals surface area contributed by atoms with Gasteiger partial charge in [0.2, 0.25) is 5.91 Å². The summed E-state index contributed by atoms with van der Waals surface area (Å²) in [7, 11) is 0. The lowest BCUT2D eigenvalue weighted by atomic mass is 10.0. The number of amides is 1. The van der Waals surface area contributed by atoms with Crippen molar-refractivity contribution in [2.45, 2.75) is 38.0 Å². The van der Waals surface area contributed by atoms with E-state index in [1.807, 2.05) is 23.6 Å². The Morgan fingerprint density at radius 3 is 2.69 bits per heavy atom. The summed E-state index contributed by atoms with van der Waals surface area (Å²) in [6.45, 7) is 1.92. The number of hydrogen-bond acceptors (Lipinski definition) is 5. The smallest absolute Gasteiger partial charge is 0.353 e. The summed E-state index contributed by atoms with van der Waals surface area (Å²) in [6, 6.07) is 11.2. The summed E-state index contributed by atoms with van der Waals surface area (Å²) in [6.07, 6.45) is -0.874. The van der Waals surface area contributed by atoms with E-state index in [9.17, 15) is 18.0 Å². The lowest BCUT2D eigenvalue weighted by Crippen LogP contribution is -2.44. The number of carbonyl (C=O) groups excluding carboxylic acids is 1. The molecular formula is C23H23F3N4OS. The standard InChI is InChI=1S/C23H23F3N4OS/c24-23(25,26)17-5-3-4-16(12-17)14-30-10-7-18(8-11-30)28-21(31)13-19-15-32-22(29-19)20-6-1-2-9-27-20/h1-6,9,12,15,18H,7-8,10-11,13-14H2,(H,28,31). The van der Waals surface area contributed by atoms with Crippen molar-refractivity contribution in [1.29, 1.82) is 0 Å². The molecule has 1 aliphatic rings. The SMILES string of the molecule is O=C(Cc1csc(-c2ccccn2)n1)NC1CCN(Cc2cccc(C(F)(F)F)c2)CC1. The molecule has 0 radical (unpaired) electrons. The molecule has 4 rings (SSSR count).